The first-order valence-electron chi connectivity index (χ1n) is 10.1. The SMILES string of the molecule is CC(C)Cc1ccc([C@@](C)(F)C(=O)O[C@@H]2C[C@@H]3[C@H](C[C@@]2(C)O)C3(C)C)cc1. The van der Waals surface area contributed by atoms with E-state index in [2.05, 4.69) is 27.7 Å². The van der Waals surface area contributed by atoms with Crippen molar-refractivity contribution in [3.63, 3.8) is 0 Å². The Balaban J connectivity index is 1.71. The minimum atomic E-state index is -2.23. The summed E-state index contributed by atoms with van der Waals surface area (Å²) >= 11 is 0. The van der Waals surface area contributed by atoms with Gasteiger partial charge in [-0.1, -0.05) is 52.0 Å². The second-order valence-electron chi connectivity index (χ2n) is 10.0. The van der Waals surface area contributed by atoms with Crippen LogP contribution in [-0.4, -0.2) is 22.8 Å². The van der Waals surface area contributed by atoms with E-state index < -0.39 is 23.3 Å². The maximum atomic E-state index is 15.3. The summed E-state index contributed by atoms with van der Waals surface area (Å²) in [6, 6.07) is 7.07. The van der Waals surface area contributed by atoms with E-state index in [1.165, 1.54) is 6.92 Å². The molecule has 3 rings (SSSR count). The third-order valence-electron chi connectivity index (χ3n) is 6.86. The Bertz CT molecular complexity index is 703. The normalized spacial score (nSPS) is 33.9. The van der Waals surface area contributed by atoms with E-state index in [1.807, 2.05) is 12.1 Å². The first kappa shape index (κ1) is 20.3. The quantitative estimate of drug-likeness (QED) is 0.751. The number of esters is 1. The Morgan fingerprint density at radius 3 is 2.41 bits per heavy atom. The number of carbonyl (C=O) groups excluding carboxylic acids is 1. The molecule has 1 aromatic rings. The molecule has 2 aliphatic rings. The van der Waals surface area contributed by atoms with Crippen molar-refractivity contribution in [3.05, 3.63) is 35.4 Å². The van der Waals surface area contributed by atoms with Gasteiger partial charge in [0.15, 0.2) is 0 Å². The predicted octanol–water partition coefficient (Wildman–Crippen LogP) is 4.80. The fraction of sp³-hybridized carbons (Fsp3) is 0.696. The van der Waals surface area contributed by atoms with E-state index in [9.17, 15) is 9.90 Å². The van der Waals surface area contributed by atoms with Crippen molar-refractivity contribution in [2.24, 2.45) is 23.2 Å². The summed E-state index contributed by atoms with van der Waals surface area (Å²) in [5.74, 6) is 0.479. The second kappa shape index (κ2) is 6.58. The molecular formula is C23H33FO3. The largest absolute Gasteiger partial charge is 0.457 e. The molecule has 150 valence electrons. The monoisotopic (exact) mass is 376 g/mol. The number of alkyl halides is 1. The van der Waals surface area contributed by atoms with Crippen LogP contribution in [0.4, 0.5) is 4.39 Å². The Kier molecular flexibility index (Phi) is 4.95. The van der Waals surface area contributed by atoms with Crippen LogP contribution in [0.1, 0.15) is 65.5 Å². The highest BCUT2D eigenvalue weighted by atomic mass is 19.1. The van der Waals surface area contributed by atoms with Gasteiger partial charge in [0.1, 0.15) is 6.10 Å². The predicted molar refractivity (Wildman–Crippen MR) is 104 cm³/mol. The minimum Gasteiger partial charge on any atom is -0.457 e. The fourth-order valence-corrected chi connectivity index (χ4v) is 4.75. The number of carbonyl (C=O) groups is 1. The first-order valence-corrected chi connectivity index (χ1v) is 10.1. The summed E-state index contributed by atoms with van der Waals surface area (Å²) < 4.78 is 20.9. The number of aliphatic hydroxyl groups is 1. The van der Waals surface area contributed by atoms with Gasteiger partial charge in [0.25, 0.3) is 0 Å². The van der Waals surface area contributed by atoms with Crippen molar-refractivity contribution >= 4 is 5.97 Å². The molecule has 1 N–H and O–H groups in total. The molecule has 2 aliphatic carbocycles. The van der Waals surface area contributed by atoms with E-state index in [-0.39, 0.29) is 5.41 Å². The molecule has 0 bridgehead atoms. The number of halogens is 1. The van der Waals surface area contributed by atoms with Crippen molar-refractivity contribution in [2.75, 3.05) is 0 Å². The highest BCUT2D eigenvalue weighted by Gasteiger charge is 2.65. The van der Waals surface area contributed by atoms with E-state index in [0.29, 0.717) is 36.2 Å². The summed E-state index contributed by atoms with van der Waals surface area (Å²) in [6.45, 7) is 11.6. The zero-order valence-electron chi connectivity index (χ0n) is 17.4. The van der Waals surface area contributed by atoms with Crippen LogP contribution in [0.5, 0.6) is 0 Å². The van der Waals surface area contributed by atoms with Crippen LogP contribution >= 0.6 is 0 Å². The lowest BCUT2D eigenvalue weighted by Crippen LogP contribution is -2.47. The number of rotatable bonds is 5. The van der Waals surface area contributed by atoms with Gasteiger partial charge in [0, 0.05) is 5.56 Å². The van der Waals surface area contributed by atoms with E-state index in [0.717, 1.165) is 12.0 Å². The Labute approximate surface area is 162 Å². The Hall–Kier alpha value is -1.42. The van der Waals surface area contributed by atoms with Crippen molar-refractivity contribution in [1.82, 2.24) is 0 Å². The van der Waals surface area contributed by atoms with Crippen LogP contribution in [0.3, 0.4) is 0 Å². The molecule has 0 amide bonds. The zero-order valence-corrected chi connectivity index (χ0v) is 17.4. The van der Waals surface area contributed by atoms with Crippen molar-refractivity contribution in [1.29, 1.82) is 0 Å². The highest BCUT2D eigenvalue weighted by Crippen LogP contribution is 2.66. The topological polar surface area (TPSA) is 46.5 Å². The Morgan fingerprint density at radius 1 is 1.26 bits per heavy atom. The average Bonchev–Trinajstić information content (AvgIpc) is 3.06. The average molecular weight is 377 g/mol. The van der Waals surface area contributed by atoms with Crippen LogP contribution < -0.4 is 0 Å². The van der Waals surface area contributed by atoms with E-state index in [4.69, 9.17) is 4.74 Å². The third kappa shape index (κ3) is 3.78. The molecule has 2 fully saturated rings. The molecule has 0 aliphatic heterocycles. The van der Waals surface area contributed by atoms with Crippen LogP contribution in [0, 0.1) is 23.2 Å². The van der Waals surface area contributed by atoms with Crippen molar-refractivity contribution in [3.8, 4) is 0 Å². The van der Waals surface area contributed by atoms with Crippen LogP contribution in [0.15, 0.2) is 24.3 Å². The summed E-state index contributed by atoms with van der Waals surface area (Å²) in [5, 5.41) is 10.8. The minimum absolute atomic E-state index is 0.163. The number of fused-ring (bicyclic) bond motifs is 1. The van der Waals surface area contributed by atoms with Crippen LogP contribution in [0.2, 0.25) is 0 Å². The van der Waals surface area contributed by atoms with Gasteiger partial charge >= 0.3 is 5.97 Å². The van der Waals surface area contributed by atoms with Gasteiger partial charge in [0.05, 0.1) is 5.60 Å². The molecule has 0 saturated heterocycles. The lowest BCUT2D eigenvalue weighted by atomic mass is 9.83. The molecule has 2 saturated carbocycles. The molecular weight excluding hydrogens is 343 g/mol. The summed E-state index contributed by atoms with van der Waals surface area (Å²) in [5.41, 5.74) is -1.77. The fourth-order valence-electron chi connectivity index (χ4n) is 4.75. The number of hydrogen-bond donors (Lipinski definition) is 1. The van der Waals surface area contributed by atoms with E-state index in [1.54, 1.807) is 19.1 Å². The summed E-state index contributed by atoms with van der Waals surface area (Å²) in [4.78, 5) is 12.7. The summed E-state index contributed by atoms with van der Waals surface area (Å²) in [7, 11) is 0. The Morgan fingerprint density at radius 2 is 1.85 bits per heavy atom. The number of ether oxygens (including phenoxy) is 1. The molecule has 0 unspecified atom stereocenters. The van der Waals surface area contributed by atoms with E-state index >= 15 is 4.39 Å². The molecule has 0 heterocycles. The molecule has 0 aromatic heterocycles. The zero-order chi connectivity index (χ0) is 20.2. The lowest BCUT2D eigenvalue weighted by molar-refractivity contribution is -0.182. The number of hydrogen-bond acceptors (Lipinski definition) is 3. The van der Waals surface area contributed by atoms with Gasteiger partial charge in [-0.2, -0.15) is 0 Å². The molecule has 0 spiro atoms. The van der Waals surface area contributed by atoms with Crippen LogP contribution in [0.25, 0.3) is 0 Å². The smallest absolute Gasteiger partial charge is 0.348 e. The first-order chi connectivity index (χ1) is 12.4. The number of benzene rings is 1. The van der Waals surface area contributed by atoms with Crippen LogP contribution in [-0.2, 0) is 21.6 Å². The third-order valence-corrected chi connectivity index (χ3v) is 6.86. The second-order valence-corrected chi connectivity index (χ2v) is 10.0. The van der Waals surface area contributed by atoms with Gasteiger partial charge in [-0.05, 0) is 61.8 Å². The molecule has 5 atom stereocenters. The molecule has 3 nitrogen and oxygen atoms in total. The van der Waals surface area contributed by atoms with Gasteiger partial charge in [-0.25, -0.2) is 9.18 Å². The summed E-state index contributed by atoms with van der Waals surface area (Å²) in [6.07, 6.45) is 1.44. The standard InChI is InChI=1S/C23H33FO3/c1-14(2)11-15-7-9-16(10-8-15)23(6,24)20(25)27-19-12-17-18(21(17,3)4)13-22(19,5)26/h7-10,14,17-19,26H,11-13H2,1-6H3/t17-,18+,19-,22-,23-/m1/s1. The van der Waals surface area contributed by atoms with Gasteiger partial charge < -0.3 is 9.84 Å². The van der Waals surface area contributed by atoms with Gasteiger partial charge in [0.2, 0.25) is 5.67 Å². The van der Waals surface area contributed by atoms with Gasteiger partial charge in [-0.15, -0.1) is 0 Å². The molecule has 4 heteroatoms. The molecule has 1 aromatic carbocycles. The highest BCUT2D eigenvalue weighted by molar-refractivity contribution is 5.81. The van der Waals surface area contributed by atoms with Gasteiger partial charge in [-0.3, -0.25) is 0 Å². The molecule has 0 radical (unpaired) electrons. The molecule has 27 heavy (non-hydrogen) atoms. The lowest BCUT2D eigenvalue weighted by Gasteiger charge is -2.37. The maximum Gasteiger partial charge on any atom is 0.348 e. The van der Waals surface area contributed by atoms with Crippen molar-refractivity contribution < 1.29 is 19.0 Å². The maximum absolute atomic E-state index is 15.3. The van der Waals surface area contributed by atoms with Crippen molar-refractivity contribution in [2.45, 2.75) is 78.2 Å².